The summed E-state index contributed by atoms with van der Waals surface area (Å²) in [5.74, 6) is -0.146. The first-order valence-corrected chi connectivity index (χ1v) is 77.1. The van der Waals surface area contributed by atoms with Crippen LogP contribution >= 0.6 is 0 Å². The Bertz CT molecular complexity index is 2040. The maximum atomic E-state index is 13.1. The molecule has 0 saturated heterocycles. The lowest BCUT2D eigenvalue weighted by Crippen LogP contribution is -2.62. The van der Waals surface area contributed by atoms with Crippen LogP contribution in [0.5, 0.6) is 0 Å². The second kappa shape index (κ2) is 97.9. The number of carbonyl (C=O) groups excluding carboxylic acids is 1. The largest absolute Gasteiger partial charge is 0.500 e. The number of hydrogen-bond acceptors (Lipinski definition) is 13. The summed E-state index contributed by atoms with van der Waals surface area (Å²) in [6.45, 7) is 46.7. The van der Waals surface area contributed by atoms with E-state index in [0.717, 1.165) is 192 Å². The predicted octanol–water partition coefficient (Wildman–Crippen LogP) is 38.5. The van der Waals surface area contributed by atoms with Gasteiger partial charge >= 0.3 is 35.2 Å². The summed E-state index contributed by atoms with van der Waals surface area (Å²) in [7, 11) is -18.9. The molecular formula is C113H239NO13Si7. The van der Waals surface area contributed by atoms with Gasteiger partial charge in [0.25, 0.3) is 0 Å². The molecule has 0 bridgehead atoms. The minimum absolute atomic E-state index is 0.146. The van der Waals surface area contributed by atoms with E-state index in [1.807, 2.05) is 0 Å². The summed E-state index contributed by atoms with van der Waals surface area (Å²) in [6.07, 6.45) is 98.6. The molecular weight excluding hydrogens is 1780 g/mol. The molecule has 0 aliphatic rings. The average molecular weight is 2020 g/mol. The van der Waals surface area contributed by atoms with Crippen molar-refractivity contribution in [3.05, 3.63) is 12.7 Å². The molecule has 802 valence electrons. The molecule has 14 nitrogen and oxygen atoms in total. The maximum Gasteiger partial charge on any atom is 0.500 e. The van der Waals surface area contributed by atoms with Crippen LogP contribution in [0.3, 0.4) is 0 Å². The van der Waals surface area contributed by atoms with Gasteiger partial charge in [-0.15, -0.1) is 0 Å². The highest BCUT2D eigenvalue weighted by Gasteiger charge is 2.52. The van der Waals surface area contributed by atoms with E-state index < -0.39 is 60.2 Å². The first-order valence-electron chi connectivity index (χ1n) is 60.0. The third-order valence-electron chi connectivity index (χ3n) is 27.6. The van der Waals surface area contributed by atoms with Crippen molar-refractivity contribution in [1.29, 1.82) is 0 Å². The Morgan fingerprint density at radius 2 is 0.321 bits per heavy atom. The van der Waals surface area contributed by atoms with Crippen molar-refractivity contribution >= 4 is 66.1 Å². The average Bonchev–Trinajstić information content (AvgIpc) is 0.789. The number of carbonyl (C=O) groups is 1. The van der Waals surface area contributed by atoms with Gasteiger partial charge in [0.1, 0.15) is 0 Å². The van der Waals surface area contributed by atoms with Gasteiger partial charge in [0, 0.05) is 90.2 Å². The minimum Gasteiger partial charge on any atom is -0.417 e. The van der Waals surface area contributed by atoms with E-state index in [2.05, 4.69) is 113 Å². The van der Waals surface area contributed by atoms with Crippen LogP contribution in [-0.4, -0.2) is 132 Å². The molecule has 0 aromatic carbocycles. The third-order valence-corrected chi connectivity index (χ3v) is 52.2. The van der Waals surface area contributed by atoms with E-state index >= 15 is 0 Å². The van der Waals surface area contributed by atoms with Crippen LogP contribution in [0, 0.1) is 0 Å². The summed E-state index contributed by atoms with van der Waals surface area (Å²) in [4.78, 5) is 13.1. The van der Waals surface area contributed by atoms with E-state index in [4.69, 9.17) is 52.2 Å². The molecule has 21 heteroatoms. The lowest BCUT2D eigenvalue weighted by molar-refractivity contribution is -0.116. The number of nitrogens with one attached hydrogen (secondary N) is 1. The van der Waals surface area contributed by atoms with Crippen LogP contribution in [0.4, 0.5) is 0 Å². The van der Waals surface area contributed by atoms with Crippen molar-refractivity contribution in [2.75, 3.05) is 66.0 Å². The van der Waals surface area contributed by atoms with Crippen LogP contribution in [0.1, 0.15) is 563 Å². The molecule has 0 aromatic heterocycles. The Morgan fingerprint density at radius 3 is 0.470 bits per heavy atom. The molecule has 1 N–H and O–H groups in total. The van der Waals surface area contributed by atoms with Crippen molar-refractivity contribution < 1.29 is 57.0 Å². The second-order valence-corrected chi connectivity index (χ2v) is 67.7. The number of amides is 1. The lowest BCUT2D eigenvalue weighted by Gasteiger charge is -2.45. The van der Waals surface area contributed by atoms with E-state index in [1.165, 1.54) is 411 Å². The second-order valence-electron chi connectivity index (χ2n) is 43.1. The van der Waals surface area contributed by atoms with Crippen LogP contribution < -0.4 is 5.32 Å². The molecule has 0 aromatic rings. The molecule has 0 fully saturated rings. The van der Waals surface area contributed by atoms with Gasteiger partial charge in [-0.3, -0.25) is 4.79 Å². The van der Waals surface area contributed by atoms with Gasteiger partial charge in [-0.2, -0.15) is 0 Å². The molecule has 0 spiro atoms. The van der Waals surface area contributed by atoms with Crippen LogP contribution in [0.25, 0.3) is 0 Å². The Kier molecular flexibility index (Phi) is 98.1. The molecule has 0 aliphatic carbocycles. The normalized spacial score (nSPS) is 12.7. The van der Waals surface area contributed by atoms with Gasteiger partial charge in [0.2, 0.25) is 5.91 Å². The first kappa shape index (κ1) is 134. The summed E-state index contributed by atoms with van der Waals surface area (Å²) in [6, 6.07) is 6.67. The Morgan fingerprint density at radius 1 is 0.187 bits per heavy atom. The molecule has 1 amide bonds. The topological polar surface area (TPSA) is 140 Å². The summed E-state index contributed by atoms with van der Waals surface area (Å²) < 4.78 is 86.3. The van der Waals surface area contributed by atoms with Crippen molar-refractivity contribution in [3.63, 3.8) is 0 Å². The molecule has 0 unspecified atom stereocenters. The van der Waals surface area contributed by atoms with Crippen molar-refractivity contribution in [2.24, 2.45) is 0 Å². The highest BCUT2D eigenvalue weighted by molar-refractivity contribution is 6.90. The molecule has 0 radical (unpaired) electrons. The van der Waals surface area contributed by atoms with E-state index in [0.29, 0.717) is 12.6 Å². The molecule has 0 aliphatic heterocycles. The number of unbranched alkanes of at least 4 members (excludes halogenated alkanes) is 66. The monoisotopic (exact) mass is 2010 g/mol. The minimum atomic E-state index is -3.39. The zero-order valence-electron chi connectivity index (χ0n) is 93.3. The highest BCUT2D eigenvalue weighted by atomic mass is 28.5. The van der Waals surface area contributed by atoms with Crippen LogP contribution in [-0.2, 0) is 57.0 Å². The quantitative estimate of drug-likeness (QED) is 0.0351. The van der Waals surface area contributed by atoms with Crippen LogP contribution in [0.2, 0.25) is 81.6 Å². The van der Waals surface area contributed by atoms with E-state index in [9.17, 15) is 4.79 Å². The van der Waals surface area contributed by atoms with Crippen molar-refractivity contribution in [3.8, 4) is 0 Å². The SMILES string of the molecule is C=CC(=O)NCC[Si](O[Si](C)(C)CCCCCCCCCC[Si](OCCCCCCCC)(OCCCCCCCC)OCCCCCCCC)(O[Si](C)(C)CCCCCCCCCC[Si](OCCCCCCCC)(OCCCCCCCC)OCCCCCCCC)O[Si](C)(C)CCCCCCCCCC[Si](OCCCCCCCC)(OCCCCCCCC)OCCCCCCCC. The molecule has 0 atom stereocenters. The Labute approximate surface area is 846 Å². The molecule has 134 heavy (non-hydrogen) atoms. The van der Waals surface area contributed by atoms with Gasteiger partial charge in [-0.1, -0.05) is 493 Å². The van der Waals surface area contributed by atoms with E-state index in [1.54, 1.807) is 0 Å². The van der Waals surface area contributed by atoms with E-state index in [-0.39, 0.29) is 5.91 Å². The first-order chi connectivity index (χ1) is 65.2. The van der Waals surface area contributed by atoms with Crippen LogP contribution in [0.15, 0.2) is 12.7 Å². The summed E-state index contributed by atoms with van der Waals surface area (Å²) in [5.41, 5.74) is 0. The van der Waals surface area contributed by atoms with Gasteiger partial charge in [0.05, 0.1) is 0 Å². The van der Waals surface area contributed by atoms with Gasteiger partial charge < -0.3 is 57.5 Å². The van der Waals surface area contributed by atoms with Gasteiger partial charge in [0.15, 0.2) is 25.0 Å². The number of rotatable bonds is 115. The maximum absolute atomic E-state index is 13.1. The van der Waals surface area contributed by atoms with Gasteiger partial charge in [-0.25, -0.2) is 0 Å². The fourth-order valence-corrected chi connectivity index (χ4v) is 45.0. The lowest BCUT2D eigenvalue weighted by atomic mass is 10.1. The standard InChI is InChI=1S/C113H239NO13Si7/c1-17-27-36-45-66-81-97-116-131(117-98-82-67-46-37-28-18-2,118-99-83-68-47-38-29-19-3)109-93-78-63-57-54-60-75-90-106-128(11,12)125-134(112-96-114-113(115)26-10,126-129(13,14)107-91-76-61-55-58-64-79-94-110-132(119-100-84-69-48-39-30-20-4,120-101-85-70-49-40-31-21-5)121-102-86-71-50-41-32-22-6)127-130(15,16)108-92-77-62-56-59-65-80-95-111-133(122-103-87-72-51-42-33-23-7,123-104-88-73-52-43-34-24-8)124-105-89-74-53-44-35-25-9/h26H,10,17-25,27-112H2,1-9,11-16H3,(H,114,115). The number of hydrogen-bond donors (Lipinski definition) is 1. The van der Waals surface area contributed by atoms with Gasteiger partial charge in [-0.05, 0) is 141 Å². The smallest absolute Gasteiger partial charge is 0.417 e. The highest BCUT2D eigenvalue weighted by Crippen LogP contribution is 2.36. The summed E-state index contributed by atoms with van der Waals surface area (Å²) >= 11 is 0. The Hall–Kier alpha value is 0.248. The van der Waals surface area contributed by atoms with Crippen molar-refractivity contribution in [1.82, 2.24) is 5.32 Å². The molecule has 0 heterocycles. The summed E-state index contributed by atoms with van der Waals surface area (Å²) in [5, 5.41) is 3.21. The van der Waals surface area contributed by atoms with Crippen molar-refractivity contribution in [2.45, 2.75) is 645 Å². The fraction of sp³-hybridized carbons (Fsp3) is 0.973. The zero-order chi connectivity index (χ0) is 98.2. The predicted molar refractivity (Wildman–Crippen MR) is 600 cm³/mol. The Balaban J connectivity index is 6.71. The fourth-order valence-electron chi connectivity index (χ4n) is 18.9. The zero-order valence-corrected chi connectivity index (χ0v) is 100. The molecule has 0 saturated carbocycles. The third kappa shape index (κ3) is 86.5. The molecule has 0 rings (SSSR count).